The molecule has 0 saturated carbocycles. The van der Waals surface area contributed by atoms with Gasteiger partial charge in [-0.05, 0) is 59.3 Å². The van der Waals surface area contributed by atoms with E-state index in [4.69, 9.17) is 11.6 Å². The topological polar surface area (TPSA) is 89.2 Å². The van der Waals surface area contributed by atoms with Crippen LogP contribution in [0.1, 0.15) is 25.3 Å². The van der Waals surface area contributed by atoms with Crippen LogP contribution in [0.5, 0.6) is 0 Å². The maximum Gasteiger partial charge on any atom is 0.229 e. The van der Waals surface area contributed by atoms with Gasteiger partial charge in [-0.1, -0.05) is 42.8 Å². The minimum atomic E-state index is -3.94. The van der Waals surface area contributed by atoms with Gasteiger partial charge >= 0.3 is 0 Å². The summed E-state index contributed by atoms with van der Waals surface area (Å²) in [5.74, 6) is 0.982. The van der Waals surface area contributed by atoms with Crippen LogP contribution in [-0.4, -0.2) is 28.2 Å². The van der Waals surface area contributed by atoms with Crippen molar-refractivity contribution in [1.82, 2.24) is 19.8 Å². The first-order valence-corrected chi connectivity index (χ1v) is 12.6. The Hall–Kier alpha value is -3.01. The molecule has 0 aliphatic rings. The number of nitrogens with zero attached hydrogens (tertiary/aromatic N) is 4. The molecule has 5 aromatic rings. The Labute approximate surface area is 193 Å². The van der Waals surface area contributed by atoms with Gasteiger partial charge in [0.2, 0.25) is 14.9 Å². The highest BCUT2D eigenvalue weighted by atomic mass is 35.5. The van der Waals surface area contributed by atoms with Crippen LogP contribution in [0, 0.1) is 0 Å². The molecule has 10 heteroatoms. The summed E-state index contributed by atoms with van der Waals surface area (Å²) in [6, 6.07) is 15.9. The molecule has 0 fully saturated rings. The maximum absolute atomic E-state index is 13.2. The van der Waals surface area contributed by atoms with Crippen LogP contribution >= 0.6 is 22.9 Å². The van der Waals surface area contributed by atoms with Gasteiger partial charge < -0.3 is 5.32 Å². The summed E-state index contributed by atoms with van der Waals surface area (Å²) in [5, 5.41) is 13.5. The molecule has 0 radical (unpaired) electrons. The summed E-state index contributed by atoms with van der Waals surface area (Å²) in [5.41, 5.74) is 2.98. The lowest BCUT2D eigenvalue weighted by Crippen LogP contribution is -2.05. The Morgan fingerprint density at radius 1 is 1.03 bits per heavy atom. The molecule has 0 aliphatic carbocycles. The molecule has 0 bridgehead atoms. The van der Waals surface area contributed by atoms with E-state index in [0.29, 0.717) is 16.8 Å². The summed E-state index contributed by atoms with van der Waals surface area (Å²) in [7, 11) is -3.94. The molecular weight excluding hydrogens is 466 g/mol. The number of anilines is 2. The molecule has 3 heterocycles. The lowest BCUT2D eigenvalue weighted by Gasteiger charge is -2.10. The van der Waals surface area contributed by atoms with Crippen molar-refractivity contribution in [3.05, 3.63) is 70.6 Å². The first-order chi connectivity index (χ1) is 15.3. The Balaban J connectivity index is 1.64. The molecule has 1 N–H and O–H groups in total. The molecule has 2 aromatic carbocycles. The van der Waals surface area contributed by atoms with Gasteiger partial charge in [0.1, 0.15) is 0 Å². The molecule has 0 saturated heterocycles. The Bertz CT molecular complexity index is 1540. The second-order valence-electron chi connectivity index (χ2n) is 7.58. The molecular formula is C22H18ClN5O2S2. The highest BCUT2D eigenvalue weighted by Crippen LogP contribution is 2.33. The van der Waals surface area contributed by atoms with Crippen molar-refractivity contribution in [2.24, 2.45) is 0 Å². The molecule has 0 amide bonds. The maximum atomic E-state index is 13.2. The van der Waals surface area contributed by atoms with Crippen molar-refractivity contribution >= 4 is 60.1 Å². The summed E-state index contributed by atoms with van der Waals surface area (Å²) in [4.78, 5) is 4.71. The standard InChI is InChI=1S/C22H18ClN5O2S2/c1-13(2)14-3-7-16(8-4-14)24-20-19-18(11-12-31-19)28-21(25-20)22(26-27-28)32(29,30)17-9-5-15(23)6-10-17/h3-13H,1-2H3,(H,24,25). The van der Waals surface area contributed by atoms with Crippen molar-refractivity contribution in [3.63, 3.8) is 0 Å². The molecule has 3 aromatic heterocycles. The minimum Gasteiger partial charge on any atom is -0.339 e. The molecule has 32 heavy (non-hydrogen) atoms. The van der Waals surface area contributed by atoms with Crippen LogP contribution in [0.4, 0.5) is 11.5 Å². The van der Waals surface area contributed by atoms with Gasteiger partial charge in [-0.2, -0.15) is 4.52 Å². The highest BCUT2D eigenvalue weighted by Gasteiger charge is 2.27. The second kappa shape index (κ2) is 7.84. The molecule has 0 unspecified atom stereocenters. The minimum absolute atomic E-state index is 0.0790. The Morgan fingerprint density at radius 3 is 2.44 bits per heavy atom. The average Bonchev–Trinajstić information content (AvgIpc) is 3.42. The number of benzene rings is 2. The predicted molar refractivity (Wildman–Crippen MR) is 127 cm³/mol. The SMILES string of the molecule is CC(C)c1ccc(Nc2nc3c(S(=O)(=O)c4ccc(Cl)cc4)nnn3c3ccsc23)cc1. The highest BCUT2D eigenvalue weighted by molar-refractivity contribution is 7.91. The van der Waals surface area contributed by atoms with Gasteiger partial charge in [0.05, 0.1) is 15.1 Å². The summed E-state index contributed by atoms with van der Waals surface area (Å²) >= 11 is 7.41. The van der Waals surface area contributed by atoms with Crippen LogP contribution in [0.3, 0.4) is 0 Å². The normalized spacial score (nSPS) is 12.1. The largest absolute Gasteiger partial charge is 0.339 e. The molecule has 7 nitrogen and oxygen atoms in total. The van der Waals surface area contributed by atoms with Gasteiger partial charge in [0, 0.05) is 10.7 Å². The van der Waals surface area contributed by atoms with Crippen molar-refractivity contribution in [1.29, 1.82) is 0 Å². The number of nitrogens with one attached hydrogen (secondary N) is 1. The second-order valence-corrected chi connectivity index (χ2v) is 10.8. The lowest BCUT2D eigenvalue weighted by atomic mass is 10.0. The zero-order valence-corrected chi connectivity index (χ0v) is 19.5. The fraction of sp³-hybridized carbons (Fsp3) is 0.136. The van der Waals surface area contributed by atoms with E-state index >= 15 is 0 Å². The van der Waals surface area contributed by atoms with Crippen LogP contribution < -0.4 is 5.32 Å². The van der Waals surface area contributed by atoms with E-state index in [2.05, 4.69) is 46.6 Å². The van der Waals surface area contributed by atoms with Crippen LogP contribution in [0.2, 0.25) is 5.02 Å². The van der Waals surface area contributed by atoms with Gasteiger partial charge in [0.25, 0.3) is 0 Å². The average molecular weight is 484 g/mol. The fourth-order valence-corrected chi connectivity index (χ4v) is 5.57. The summed E-state index contributed by atoms with van der Waals surface area (Å²) in [6.07, 6.45) is 0. The third kappa shape index (κ3) is 3.52. The van der Waals surface area contributed by atoms with E-state index in [-0.39, 0.29) is 15.6 Å². The lowest BCUT2D eigenvalue weighted by molar-refractivity contribution is 0.592. The monoisotopic (exact) mass is 483 g/mol. The van der Waals surface area contributed by atoms with E-state index in [9.17, 15) is 8.42 Å². The third-order valence-electron chi connectivity index (χ3n) is 5.14. The number of hydrogen-bond donors (Lipinski definition) is 1. The number of sulfone groups is 1. The van der Waals surface area contributed by atoms with E-state index in [0.717, 1.165) is 15.9 Å². The molecule has 0 spiro atoms. The molecule has 0 aliphatic heterocycles. The number of fused-ring (bicyclic) bond motifs is 3. The fourth-order valence-electron chi connectivity index (χ4n) is 3.40. The molecule has 162 valence electrons. The van der Waals surface area contributed by atoms with Crippen molar-refractivity contribution in [3.8, 4) is 0 Å². The van der Waals surface area contributed by atoms with E-state index in [1.54, 1.807) is 0 Å². The van der Waals surface area contributed by atoms with E-state index in [1.807, 2.05) is 23.6 Å². The Kier molecular flexibility index (Phi) is 5.11. The summed E-state index contributed by atoms with van der Waals surface area (Å²) in [6.45, 7) is 4.28. The van der Waals surface area contributed by atoms with Gasteiger partial charge in [-0.3, -0.25) is 0 Å². The number of halogens is 1. The quantitative estimate of drug-likeness (QED) is 0.345. The third-order valence-corrected chi connectivity index (χ3v) is 7.97. The number of hydrogen-bond acceptors (Lipinski definition) is 7. The Morgan fingerprint density at radius 2 is 1.75 bits per heavy atom. The van der Waals surface area contributed by atoms with Crippen molar-refractivity contribution in [2.75, 3.05) is 5.32 Å². The number of aromatic nitrogens is 4. The molecule has 5 rings (SSSR count). The van der Waals surface area contributed by atoms with Crippen molar-refractivity contribution < 1.29 is 8.42 Å². The van der Waals surface area contributed by atoms with Gasteiger partial charge in [0.15, 0.2) is 11.5 Å². The van der Waals surface area contributed by atoms with Crippen LogP contribution in [-0.2, 0) is 9.84 Å². The van der Waals surface area contributed by atoms with E-state index < -0.39 is 9.84 Å². The zero-order valence-electron chi connectivity index (χ0n) is 17.2. The van der Waals surface area contributed by atoms with E-state index in [1.165, 1.54) is 45.7 Å². The van der Waals surface area contributed by atoms with Crippen molar-refractivity contribution in [2.45, 2.75) is 29.7 Å². The number of thiophene rings is 1. The van der Waals surface area contributed by atoms with Crippen LogP contribution in [0.25, 0.3) is 15.9 Å². The first kappa shape index (κ1) is 20.9. The first-order valence-electron chi connectivity index (χ1n) is 9.85. The number of rotatable bonds is 5. The van der Waals surface area contributed by atoms with Gasteiger partial charge in [-0.15, -0.1) is 16.4 Å². The zero-order chi connectivity index (χ0) is 22.5. The predicted octanol–water partition coefficient (Wildman–Crippen LogP) is 5.69. The molecule has 0 atom stereocenters. The summed E-state index contributed by atoms with van der Waals surface area (Å²) < 4.78 is 28.8. The van der Waals surface area contributed by atoms with Crippen LogP contribution in [0.15, 0.2) is 69.9 Å². The smallest absolute Gasteiger partial charge is 0.229 e. The van der Waals surface area contributed by atoms with Gasteiger partial charge in [-0.25, -0.2) is 13.4 Å².